The predicted octanol–water partition coefficient (Wildman–Crippen LogP) is 11.1. The molecule has 0 aliphatic heterocycles. The summed E-state index contributed by atoms with van der Waals surface area (Å²) in [6.07, 6.45) is 25.8. The number of fused-ring (bicyclic) bond motifs is 5. The maximum atomic E-state index is 12.7. The Labute approximate surface area is 252 Å². The molecule has 0 radical (unpaired) electrons. The SMILES string of the molecule is CC[C@H](CC[C@@H](C)[C@H]1CC[C@H]2[C@@H]3CC=C4CC(OC(=O)OC5CC/C=C/CCC5)CC[C@]4(C)[C@H]3CC[C@]12C)C(C)C. The normalized spacial score (nSPS) is 41.1. The van der Waals surface area contributed by atoms with Crippen LogP contribution in [0.2, 0.25) is 0 Å². The number of hydrogen-bond acceptors (Lipinski definition) is 3. The smallest absolute Gasteiger partial charge is 0.431 e. The summed E-state index contributed by atoms with van der Waals surface area (Å²) in [6, 6.07) is 0. The van der Waals surface area contributed by atoms with Crippen molar-refractivity contribution in [1.82, 2.24) is 0 Å². The molecular formula is C38H62O3. The van der Waals surface area contributed by atoms with Crippen molar-refractivity contribution in [2.45, 2.75) is 156 Å². The van der Waals surface area contributed by atoms with Crippen molar-refractivity contribution in [1.29, 1.82) is 0 Å². The van der Waals surface area contributed by atoms with Gasteiger partial charge in [-0.05, 0) is 136 Å². The molecule has 0 amide bonds. The summed E-state index contributed by atoms with van der Waals surface area (Å²) >= 11 is 0. The minimum Gasteiger partial charge on any atom is -0.431 e. The summed E-state index contributed by atoms with van der Waals surface area (Å²) in [6.45, 7) is 15.1. The Morgan fingerprint density at radius 3 is 2.46 bits per heavy atom. The van der Waals surface area contributed by atoms with Gasteiger partial charge in [-0.15, -0.1) is 0 Å². The van der Waals surface area contributed by atoms with Gasteiger partial charge >= 0.3 is 6.16 Å². The van der Waals surface area contributed by atoms with Gasteiger partial charge in [0.25, 0.3) is 0 Å². The molecule has 0 bridgehead atoms. The fraction of sp³-hybridized carbons (Fsp3) is 0.868. The van der Waals surface area contributed by atoms with Gasteiger partial charge in [-0.25, -0.2) is 4.79 Å². The third-order valence-corrected chi connectivity index (χ3v) is 13.5. The molecule has 5 rings (SSSR count). The summed E-state index contributed by atoms with van der Waals surface area (Å²) in [4.78, 5) is 12.7. The second-order valence-corrected chi connectivity index (χ2v) is 15.9. The van der Waals surface area contributed by atoms with E-state index in [2.05, 4.69) is 59.8 Å². The molecule has 0 heterocycles. The molecule has 2 unspecified atom stereocenters. The zero-order chi connectivity index (χ0) is 29.2. The van der Waals surface area contributed by atoms with Gasteiger partial charge in [-0.1, -0.05) is 78.2 Å². The van der Waals surface area contributed by atoms with Crippen LogP contribution in [-0.4, -0.2) is 18.4 Å². The van der Waals surface area contributed by atoms with Crippen molar-refractivity contribution >= 4 is 6.16 Å². The molecule has 41 heavy (non-hydrogen) atoms. The van der Waals surface area contributed by atoms with Crippen LogP contribution in [0.15, 0.2) is 23.8 Å². The third-order valence-electron chi connectivity index (χ3n) is 13.5. The first-order chi connectivity index (χ1) is 19.7. The Morgan fingerprint density at radius 2 is 1.68 bits per heavy atom. The Hall–Kier alpha value is -1.25. The fourth-order valence-electron chi connectivity index (χ4n) is 10.9. The zero-order valence-corrected chi connectivity index (χ0v) is 27.5. The van der Waals surface area contributed by atoms with E-state index in [1.807, 2.05) is 0 Å². The molecule has 0 N–H and O–H groups in total. The first-order valence-electron chi connectivity index (χ1n) is 17.9. The van der Waals surface area contributed by atoms with Gasteiger partial charge in [-0.3, -0.25) is 0 Å². The number of allylic oxidation sites excluding steroid dienone is 3. The van der Waals surface area contributed by atoms with Gasteiger partial charge in [0, 0.05) is 6.42 Å². The topological polar surface area (TPSA) is 35.5 Å². The molecule has 0 aromatic carbocycles. The average Bonchev–Trinajstić information content (AvgIpc) is 3.27. The van der Waals surface area contributed by atoms with Gasteiger partial charge in [0.05, 0.1) is 0 Å². The van der Waals surface area contributed by atoms with E-state index in [1.165, 1.54) is 51.4 Å². The molecule has 0 aromatic rings. The molecular weight excluding hydrogens is 504 g/mol. The Balaban J connectivity index is 1.19. The van der Waals surface area contributed by atoms with Crippen molar-refractivity contribution < 1.29 is 14.3 Å². The van der Waals surface area contributed by atoms with Gasteiger partial charge in [0.1, 0.15) is 12.2 Å². The number of ether oxygens (including phenoxy) is 2. The largest absolute Gasteiger partial charge is 0.508 e. The van der Waals surface area contributed by atoms with Crippen LogP contribution < -0.4 is 0 Å². The maximum Gasteiger partial charge on any atom is 0.508 e. The van der Waals surface area contributed by atoms with Gasteiger partial charge in [-0.2, -0.15) is 0 Å². The molecule has 0 spiro atoms. The number of carbonyl (C=O) groups excluding carboxylic acids is 1. The lowest BCUT2D eigenvalue weighted by Gasteiger charge is -2.58. The van der Waals surface area contributed by atoms with Crippen LogP contribution >= 0.6 is 0 Å². The molecule has 3 saturated carbocycles. The maximum absolute atomic E-state index is 12.7. The lowest BCUT2D eigenvalue weighted by molar-refractivity contribution is -0.0644. The lowest BCUT2D eigenvalue weighted by atomic mass is 9.47. The number of rotatable bonds is 8. The van der Waals surface area contributed by atoms with Crippen molar-refractivity contribution in [2.24, 2.45) is 52.3 Å². The monoisotopic (exact) mass is 566 g/mol. The summed E-state index contributed by atoms with van der Waals surface area (Å²) in [7, 11) is 0. The Morgan fingerprint density at radius 1 is 0.902 bits per heavy atom. The van der Waals surface area contributed by atoms with E-state index in [-0.39, 0.29) is 17.6 Å². The minimum atomic E-state index is -0.430. The second kappa shape index (κ2) is 13.2. The van der Waals surface area contributed by atoms with E-state index < -0.39 is 6.16 Å². The van der Waals surface area contributed by atoms with E-state index in [4.69, 9.17) is 9.47 Å². The Kier molecular flexibility index (Phi) is 10.0. The van der Waals surface area contributed by atoms with Crippen LogP contribution in [0.1, 0.15) is 144 Å². The van der Waals surface area contributed by atoms with Gasteiger partial charge in [0.2, 0.25) is 0 Å². The molecule has 10 atom stereocenters. The van der Waals surface area contributed by atoms with Crippen LogP contribution in [0.4, 0.5) is 4.79 Å². The molecule has 232 valence electrons. The number of carbonyl (C=O) groups is 1. The van der Waals surface area contributed by atoms with Crippen molar-refractivity contribution in [2.75, 3.05) is 0 Å². The van der Waals surface area contributed by atoms with Crippen LogP contribution in [0.5, 0.6) is 0 Å². The lowest BCUT2D eigenvalue weighted by Crippen LogP contribution is -2.51. The summed E-state index contributed by atoms with van der Waals surface area (Å²) in [5.41, 5.74) is 2.40. The van der Waals surface area contributed by atoms with Crippen molar-refractivity contribution in [3.63, 3.8) is 0 Å². The highest BCUT2D eigenvalue weighted by Crippen LogP contribution is 2.67. The molecule has 3 fully saturated rings. The van der Waals surface area contributed by atoms with E-state index in [0.717, 1.165) is 92.8 Å². The van der Waals surface area contributed by atoms with E-state index in [0.29, 0.717) is 5.41 Å². The van der Waals surface area contributed by atoms with E-state index >= 15 is 0 Å². The third kappa shape index (κ3) is 6.50. The van der Waals surface area contributed by atoms with Gasteiger partial charge in [0.15, 0.2) is 0 Å². The summed E-state index contributed by atoms with van der Waals surface area (Å²) in [5.74, 6) is 5.99. The Bertz CT molecular complexity index is 949. The van der Waals surface area contributed by atoms with Crippen molar-refractivity contribution in [3.05, 3.63) is 23.8 Å². The van der Waals surface area contributed by atoms with Crippen LogP contribution in [0, 0.1) is 52.3 Å². The summed E-state index contributed by atoms with van der Waals surface area (Å²) in [5, 5.41) is 0. The molecule has 0 aromatic heterocycles. The van der Waals surface area contributed by atoms with Crippen LogP contribution in [0.3, 0.4) is 0 Å². The predicted molar refractivity (Wildman–Crippen MR) is 170 cm³/mol. The van der Waals surface area contributed by atoms with Crippen LogP contribution in [-0.2, 0) is 9.47 Å². The van der Waals surface area contributed by atoms with Gasteiger partial charge < -0.3 is 9.47 Å². The summed E-state index contributed by atoms with van der Waals surface area (Å²) < 4.78 is 11.8. The highest BCUT2D eigenvalue weighted by Gasteiger charge is 2.59. The minimum absolute atomic E-state index is 0.00810. The zero-order valence-electron chi connectivity index (χ0n) is 27.5. The highest BCUT2D eigenvalue weighted by atomic mass is 16.7. The quantitative estimate of drug-likeness (QED) is 0.216. The molecule has 3 nitrogen and oxygen atoms in total. The standard InChI is InChI=1S/C38H62O3/c1-7-28(26(2)3)16-15-27(4)33-19-20-34-32-18-17-29-25-31(21-23-37(29,5)35(32)22-24-38(33,34)6)41-36(39)40-30-13-11-9-8-10-12-14-30/h8-9,17,26-28,30-35H,7,10-16,18-25H2,1-6H3/b9-8+/t27-,28-,30?,31?,32+,33-,34+,35+,37+,38-/m1/s1. The molecule has 5 aliphatic rings. The van der Waals surface area contributed by atoms with Crippen molar-refractivity contribution in [3.8, 4) is 0 Å². The number of hydrogen-bond donors (Lipinski definition) is 0. The molecule has 0 saturated heterocycles. The first-order valence-corrected chi connectivity index (χ1v) is 17.9. The van der Waals surface area contributed by atoms with Crippen LogP contribution in [0.25, 0.3) is 0 Å². The van der Waals surface area contributed by atoms with E-state index in [9.17, 15) is 4.79 Å². The second-order valence-electron chi connectivity index (χ2n) is 15.9. The molecule has 3 heteroatoms. The fourth-order valence-corrected chi connectivity index (χ4v) is 10.9. The highest BCUT2D eigenvalue weighted by molar-refractivity contribution is 5.60. The average molecular weight is 567 g/mol. The van der Waals surface area contributed by atoms with E-state index in [1.54, 1.807) is 5.57 Å². The first kappa shape index (κ1) is 31.2. The molecule has 5 aliphatic carbocycles.